The van der Waals surface area contributed by atoms with Crippen molar-refractivity contribution in [1.82, 2.24) is 9.97 Å². The zero-order chi connectivity index (χ0) is 12.9. The highest BCUT2D eigenvalue weighted by molar-refractivity contribution is 5.80. The summed E-state index contributed by atoms with van der Waals surface area (Å²) >= 11 is 0. The van der Waals surface area contributed by atoms with Crippen molar-refractivity contribution in [3.05, 3.63) is 12.3 Å². The summed E-state index contributed by atoms with van der Waals surface area (Å²) in [6.45, 7) is 5.64. The first kappa shape index (κ1) is 13.2. The normalized spacial score (nSPS) is 11.0. The van der Waals surface area contributed by atoms with Gasteiger partial charge in [-0.2, -0.15) is 4.98 Å². The van der Waals surface area contributed by atoms with Crippen molar-refractivity contribution < 1.29 is 14.6 Å². The molecule has 0 amide bonds. The van der Waals surface area contributed by atoms with Crippen molar-refractivity contribution in [3.8, 4) is 5.88 Å². The Bertz CT molecular complexity index is 393. The van der Waals surface area contributed by atoms with Crippen LogP contribution in [-0.4, -0.2) is 33.2 Å². The number of ether oxygens (including phenoxy) is 1. The van der Waals surface area contributed by atoms with Gasteiger partial charge in [0.2, 0.25) is 11.8 Å². The molecule has 94 valence electrons. The monoisotopic (exact) mass is 239 g/mol. The fourth-order valence-corrected chi connectivity index (χ4v) is 1.02. The van der Waals surface area contributed by atoms with E-state index in [9.17, 15) is 4.79 Å². The van der Waals surface area contributed by atoms with Crippen LogP contribution in [0.2, 0.25) is 0 Å². The van der Waals surface area contributed by atoms with Crippen LogP contribution in [0.5, 0.6) is 5.88 Å². The maximum atomic E-state index is 10.9. The minimum absolute atomic E-state index is 0.242. The van der Waals surface area contributed by atoms with E-state index in [-0.39, 0.29) is 5.95 Å². The molecule has 1 aromatic heterocycles. The predicted molar refractivity (Wildman–Crippen MR) is 63.2 cm³/mol. The van der Waals surface area contributed by atoms with Gasteiger partial charge in [0.25, 0.3) is 0 Å². The van der Waals surface area contributed by atoms with Gasteiger partial charge < -0.3 is 15.2 Å². The molecule has 0 spiro atoms. The molecule has 6 heteroatoms. The molecule has 0 aromatic carbocycles. The highest BCUT2D eigenvalue weighted by atomic mass is 16.5. The molecule has 17 heavy (non-hydrogen) atoms. The molecule has 0 atom stereocenters. The van der Waals surface area contributed by atoms with Crippen molar-refractivity contribution in [3.63, 3.8) is 0 Å². The number of nitrogens with zero attached hydrogens (tertiary/aromatic N) is 2. The highest BCUT2D eigenvalue weighted by Gasteiger charge is 2.27. The molecule has 1 heterocycles. The van der Waals surface area contributed by atoms with E-state index >= 15 is 0 Å². The van der Waals surface area contributed by atoms with E-state index < -0.39 is 11.5 Å². The first-order valence-electron chi connectivity index (χ1n) is 5.43. The van der Waals surface area contributed by atoms with Crippen LogP contribution < -0.4 is 10.1 Å². The second-order valence-corrected chi connectivity index (χ2v) is 4.12. The van der Waals surface area contributed by atoms with Crippen LogP contribution in [0.15, 0.2) is 12.3 Å². The lowest BCUT2D eigenvalue weighted by atomic mass is 10.1. The van der Waals surface area contributed by atoms with E-state index in [4.69, 9.17) is 9.84 Å². The molecule has 0 aliphatic carbocycles. The molecule has 1 rings (SSSR count). The van der Waals surface area contributed by atoms with E-state index in [0.717, 1.165) is 6.42 Å². The number of aromatic nitrogens is 2. The molecule has 0 aliphatic heterocycles. The van der Waals surface area contributed by atoms with Crippen molar-refractivity contribution >= 4 is 11.9 Å². The Kier molecular flexibility index (Phi) is 4.25. The maximum Gasteiger partial charge on any atom is 0.328 e. The summed E-state index contributed by atoms with van der Waals surface area (Å²) in [5.74, 6) is -0.294. The number of carboxylic acid groups (broad SMARTS) is 1. The van der Waals surface area contributed by atoms with Crippen LogP contribution in [-0.2, 0) is 4.79 Å². The number of hydrogen-bond donors (Lipinski definition) is 2. The van der Waals surface area contributed by atoms with Gasteiger partial charge in [-0.1, -0.05) is 6.92 Å². The number of hydrogen-bond acceptors (Lipinski definition) is 5. The topological polar surface area (TPSA) is 84.3 Å². The largest absolute Gasteiger partial charge is 0.480 e. The Hall–Kier alpha value is -1.85. The number of rotatable bonds is 6. The first-order valence-corrected chi connectivity index (χ1v) is 5.43. The SMILES string of the molecule is CCCOc1ccnc(NC(C)(C)C(=O)O)n1. The summed E-state index contributed by atoms with van der Waals surface area (Å²) in [6.07, 6.45) is 2.41. The lowest BCUT2D eigenvalue weighted by molar-refractivity contribution is -0.141. The van der Waals surface area contributed by atoms with Crippen molar-refractivity contribution in [2.45, 2.75) is 32.7 Å². The molecule has 0 radical (unpaired) electrons. The average Bonchev–Trinajstić information content (AvgIpc) is 2.26. The van der Waals surface area contributed by atoms with Crippen LogP contribution in [0, 0.1) is 0 Å². The number of carboxylic acids is 1. The van der Waals surface area contributed by atoms with Gasteiger partial charge in [0, 0.05) is 12.3 Å². The minimum Gasteiger partial charge on any atom is -0.480 e. The summed E-state index contributed by atoms with van der Waals surface area (Å²) in [6, 6.07) is 1.63. The molecule has 0 saturated heterocycles. The standard InChI is InChI=1S/C11H17N3O3/c1-4-7-17-8-5-6-12-10(13-8)14-11(2,3)9(15)16/h5-6H,4,7H2,1-3H3,(H,15,16)(H,12,13,14). The lowest BCUT2D eigenvalue weighted by Gasteiger charge is -2.20. The zero-order valence-electron chi connectivity index (χ0n) is 10.2. The van der Waals surface area contributed by atoms with E-state index in [1.54, 1.807) is 6.07 Å². The van der Waals surface area contributed by atoms with Crippen molar-refractivity contribution in [2.75, 3.05) is 11.9 Å². The molecular formula is C11H17N3O3. The van der Waals surface area contributed by atoms with Crippen LogP contribution in [0.3, 0.4) is 0 Å². The third-order valence-electron chi connectivity index (χ3n) is 2.04. The molecular weight excluding hydrogens is 222 g/mol. The van der Waals surface area contributed by atoms with Gasteiger partial charge >= 0.3 is 5.97 Å². The summed E-state index contributed by atoms with van der Waals surface area (Å²) in [5.41, 5.74) is -1.12. The minimum atomic E-state index is -1.12. The molecule has 0 bridgehead atoms. The van der Waals surface area contributed by atoms with Gasteiger partial charge in [-0.25, -0.2) is 9.78 Å². The molecule has 1 aromatic rings. The van der Waals surface area contributed by atoms with Gasteiger partial charge in [0.15, 0.2) is 0 Å². The summed E-state index contributed by atoms with van der Waals surface area (Å²) in [5, 5.41) is 11.7. The zero-order valence-corrected chi connectivity index (χ0v) is 10.2. The number of carbonyl (C=O) groups is 1. The fraction of sp³-hybridized carbons (Fsp3) is 0.545. The Morgan fingerprint density at radius 2 is 2.29 bits per heavy atom. The quantitative estimate of drug-likeness (QED) is 0.783. The lowest BCUT2D eigenvalue weighted by Crippen LogP contribution is -2.40. The molecule has 0 unspecified atom stereocenters. The average molecular weight is 239 g/mol. The van der Waals surface area contributed by atoms with E-state index in [1.165, 1.54) is 20.0 Å². The Morgan fingerprint density at radius 3 is 2.88 bits per heavy atom. The third kappa shape index (κ3) is 3.90. The van der Waals surface area contributed by atoms with Crippen molar-refractivity contribution in [1.29, 1.82) is 0 Å². The predicted octanol–water partition coefficient (Wildman–Crippen LogP) is 1.54. The highest BCUT2D eigenvalue weighted by Crippen LogP contribution is 2.14. The van der Waals surface area contributed by atoms with Crippen LogP contribution in [0.25, 0.3) is 0 Å². The fourth-order valence-electron chi connectivity index (χ4n) is 1.02. The number of anilines is 1. The molecule has 6 nitrogen and oxygen atoms in total. The van der Waals surface area contributed by atoms with Crippen LogP contribution >= 0.6 is 0 Å². The number of aliphatic carboxylic acids is 1. The van der Waals surface area contributed by atoms with Gasteiger partial charge in [-0.3, -0.25) is 0 Å². The summed E-state index contributed by atoms with van der Waals surface area (Å²) < 4.78 is 5.33. The summed E-state index contributed by atoms with van der Waals surface area (Å²) in [4.78, 5) is 19.0. The second kappa shape index (κ2) is 5.47. The van der Waals surface area contributed by atoms with Crippen LogP contribution in [0.1, 0.15) is 27.2 Å². The Balaban J connectivity index is 2.75. The van der Waals surface area contributed by atoms with E-state index in [1.807, 2.05) is 6.92 Å². The molecule has 0 fully saturated rings. The molecule has 0 saturated carbocycles. The van der Waals surface area contributed by atoms with Gasteiger partial charge in [0.05, 0.1) is 6.61 Å². The molecule has 2 N–H and O–H groups in total. The van der Waals surface area contributed by atoms with Gasteiger partial charge in [0.1, 0.15) is 5.54 Å². The second-order valence-electron chi connectivity index (χ2n) is 4.12. The van der Waals surface area contributed by atoms with Gasteiger partial charge in [-0.05, 0) is 20.3 Å². The smallest absolute Gasteiger partial charge is 0.328 e. The van der Waals surface area contributed by atoms with Gasteiger partial charge in [-0.15, -0.1) is 0 Å². The Labute approximate surface area is 100 Å². The molecule has 0 aliphatic rings. The summed E-state index contributed by atoms with van der Waals surface area (Å²) in [7, 11) is 0. The van der Waals surface area contributed by atoms with E-state index in [2.05, 4.69) is 15.3 Å². The Morgan fingerprint density at radius 1 is 1.59 bits per heavy atom. The maximum absolute atomic E-state index is 10.9. The van der Waals surface area contributed by atoms with E-state index in [0.29, 0.717) is 12.5 Å². The van der Waals surface area contributed by atoms with Crippen molar-refractivity contribution in [2.24, 2.45) is 0 Å². The number of nitrogens with one attached hydrogen (secondary N) is 1. The first-order chi connectivity index (χ1) is 7.95. The van der Waals surface area contributed by atoms with Crippen LogP contribution in [0.4, 0.5) is 5.95 Å². The third-order valence-corrected chi connectivity index (χ3v) is 2.04.